The second kappa shape index (κ2) is 8.17. The molecule has 2 aromatic carbocycles. The molecule has 0 radical (unpaired) electrons. The Kier molecular flexibility index (Phi) is 5.69. The van der Waals surface area contributed by atoms with Gasteiger partial charge in [0.05, 0.1) is 17.1 Å². The van der Waals surface area contributed by atoms with Gasteiger partial charge < -0.3 is 5.32 Å². The zero-order valence-corrected chi connectivity index (χ0v) is 16.3. The highest BCUT2D eigenvalue weighted by Gasteiger charge is 2.14. The number of tetrazole rings is 1. The largest absolute Gasteiger partial charge is 0.322 e. The molecule has 0 saturated heterocycles. The van der Waals surface area contributed by atoms with E-state index in [1.165, 1.54) is 11.0 Å². The second-order valence-electron chi connectivity index (χ2n) is 6.16. The molecule has 0 bridgehead atoms. The lowest BCUT2D eigenvalue weighted by Gasteiger charge is -2.14. The van der Waals surface area contributed by atoms with Gasteiger partial charge in [-0.3, -0.25) is 9.52 Å². The fourth-order valence-corrected chi connectivity index (χ4v) is 3.83. The molecule has 0 aliphatic rings. The van der Waals surface area contributed by atoms with Crippen molar-refractivity contribution >= 4 is 27.3 Å². The van der Waals surface area contributed by atoms with Gasteiger partial charge in [0.15, 0.2) is 0 Å². The molecule has 0 aliphatic heterocycles. The van der Waals surface area contributed by atoms with Crippen LogP contribution in [0.2, 0.25) is 0 Å². The Morgan fingerprint density at radius 1 is 1.14 bits per heavy atom. The molecule has 9 nitrogen and oxygen atoms in total. The van der Waals surface area contributed by atoms with Gasteiger partial charge >= 0.3 is 0 Å². The topological polar surface area (TPSA) is 119 Å². The first-order valence-electron chi connectivity index (χ1n) is 8.64. The number of hydrogen-bond acceptors (Lipinski definition) is 6. The van der Waals surface area contributed by atoms with Crippen LogP contribution in [0.25, 0.3) is 5.69 Å². The molecule has 0 saturated carbocycles. The van der Waals surface area contributed by atoms with Crippen molar-refractivity contribution in [2.45, 2.75) is 20.3 Å². The minimum atomic E-state index is -3.42. The maximum Gasteiger partial charge on any atom is 0.255 e. The first-order valence-corrected chi connectivity index (χ1v) is 10.3. The van der Waals surface area contributed by atoms with Gasteiger partial charge in [0.2, 0.25) is 10.0 Å². The maximum absolute atomic E-state index is 12.7. The Morgan fingerprint density at radius 2 is 1.89 bits per heavy atom. The Balaban J connectivity index is 1.81. The summed E-state index contributed by atoms with van der Waals surface area (Å²) < 4.78 is 28.1. The number of rotatable bonds is 7. The van der Waals surface area contributed by atoms with Gasteiger partial charge in [-0.25, -0.2) is 13.1 Å². The van der Waals surface area contributed by atoms with Gasteiger partial charge in [0.25, 0.3) is 5.91 Å². The number of hydrogen-bond donors (Lipinski definition) is 2. The van der Waals surface area contributed by atoms with E-state index in [9.17, 15) is 13.2 Å². The predicted octanol–water partition coefficient (Wildman–Crippen LogP) is 2.37. The number of amides is 1. The highest BCUT2D eigenvalue weighted by Crippen LogP contribution is 2.25. The zero-order chi connectivity index (χ0) is 20.1. The lowest BCUT2D eigenvalue weighted by molar-refractivity contribution is 0.102. The van der Waals surface area contributed by atoms with Crippen molar-refractivity contribution in [3.8, 4) is 5.69 Å². The molecule has 1 heterocycles. The van der Waals surface area contributed by atoms with Gasteiger partial charge in [-0.2, -0.15) is 0 Å². The second-order valence-corrected chi connectivity index (χ2v) is 8.00. The van der Waals surface area contributed by atoms with Crippen LogP contribution in [-0.4, -0.2) is 40.3 Å². The molecule has 2 N–H and O–H groups in total. The summed E-state index contributed by atoms with van der Waals surface area (Å²) in [6.45, 7) is 3.54. The van der Waals surface area contributed by atoms with E-state index in [-0.39, 0.29) is 11.7 Å². The first-order chi connectivity index (χ1) is 13.4. The van der Waals surface area contributed by atoms with Crippen LogP contribution in [0.4, 0.5) is 11.4 Å². The zero-order valence-electron chi connectivity index (χ0n) is 15.5. The number of nitrogens with zero attached hydrogens (tertiary/aromatic N) is 4. The van der Waals surface area contributed by atoms with Crippen molar-refractivity contribution in [1.82, 2.24) is 20.2 Å². The van der Waals surface area contributed by atoms with Crippen LogP contribution in [0.5, 0.6) is 0 Å². The fourth-order valence-electron chi connectivity index (χ4n) is 2.63. The van der Waals surface area contributed by atoms with Crippen LogP contribution < -0.4 is 10.0 Å². The van der Waals surface area contributed by atoms with Gasteiger partial charge in [-0.1, -0.05) is 19.1 Å². The van der Waals surface area contributed by atoms with Crippen LogP contribution in [0, 0.1) is 6.92 Å². The normalized spacial score (nSPS) is 11.2. The van der Waals surface area contributed by atoms with Crippen LogP contribution in [-0.2, 0) is 10.0 Å². The van der Waals surface area contributed by atoms with E-state index in [0.29, 0.717) is 34.6 Å². The maximum atomic E-state index is 12.7. The van der Waals surface area contributed by atoms with E-state index in [1.807, 2.05) is 0 Å². The van der Waals surface area contributed by atoms with Crippen molar-refractivity contribution in [3.63, 3.8) is 0 Å². The highest BCUT2D eigenvalue weighted by molar-refractivity contribution is 7.92. The third-order valence-corrected chi connectivity index (χ3v) is 5.52. The van der Waals surface area contributed by atoms with Gasteiger partial charge in [-0.05, 0) is 59.7 Å². The monoisotopic (exact) mass is 400 g/mol. The molecule has 0 fully saturated rings. The van der Waals surface area contributed by atoms with Crippen molar-refractivity contribution in [2.24, 2.45) is 0 Å². The summed E-state index contributed by atoms with van der Waals surface area (Å²) in [7, 11) is -3.42. The fraction of sp³-hybridized carbons (Fsp3) is 0.222. The van der Waals surface area contributed by atoms with Crippen molar-refractivity contribution in [2.75, 3.05) is 15.8 Å². The molecule has 3 aromatic rings. The Bertz CT molecular complexity index is 1080. The molecule has 3 rings (SSSR count). The summed E-state index contributed by atoms with van der Waals surface area (Å²) in [5, 5.41) is 13.8. The Morgan fingerprint density at radius 3 is 2.61 bits per heavy atom. The van der Waals surface area contributed by atoms with E-state index in [2.05, 4.69) is 25.6 Å². The number of aromatic nitrogens is 4. The standard InChI is InChI=1S/C18H20N6O3S/c1-3-10-28(26,27)21-17-9-5-8-16(13(17)2)20-18(25)14-6-4-7-15(11-14)24-12-19-22-23-24/h4-9,11-12,21H,3,10H2,1-2H3,(H,20,25). The molecule has 0 atom stereocenters. The van der Waals surface area contributed by atoms with Crippen LogP contribution in [0.15, 0.2) is 48.8 Å². The van der Waals surface area contributed by atoms with Gasteiger partial charge in [-0.15, -0.1) is 5.10 Å². The minimum absolute atomic E-state index is 0.0347. The molecule has 1 aromatic heterocycles. The van der Waals surface area contributed by atoms with Crippen LogP contribution in [0.3, 0.4) is 0 Å². The summed E-state index contributed by atoms with van der Waals surface area (Å²) in [5.74, 6) is -0.293. The summed E-state index contributed by atoms with van der Waals surface area (Å²) in [6.07, 6.45) is 1.95. The van der Waals surface area contributed by atoms with Crippen molar-refractivity contribution < 1.29 is 13.2 Å². The molecular formula is C18H20N6O3S. The summed E-state index contributed by atoms with van der Waals surface area (Å²) in [4.78, 5) is 12.7. The third kappa shape index (κ3) is 4.52. The molecule has 0 spiro atoms. The number of carbonyl (C=O) groups is 1. The van der Waals surface area contributed by atoms with Crippen molar-refractivity contribution in [1.29, 1.82) is 0 Å². The van der Waals surface area contributed by atoms with E-state index in [1.54, 1.807) is 56.3 Å². The predicted molar refractivity (Wildman–Crippen MR) is 106 cm³/mol. The van der Waals surface area contributed by atoms with Crippen molar-refractivity contribution in [3.05, 3.63) is 59.9 Å². The number of carbonyl (C=O) groups excluding carboxylic acids is 1. The van der Waals surface area contributed by atoms with Crippen LogP contribution in [0.1, 0.15) is 29.3 Å². The van der Waals surface area contributed by atoms with Gasteiger partial charge in [0.1, 0.15) is 6.33 Å². The number of sulfonamides is 1. The molecule has 1 amide bonds. The average molecular weight is 400 g/mol. The smallest absolute Gasteiger partial charge is 0.255 e. The molecule has 146 valence electrons. The first kappa shape index (κ1) is 19.5. The van der Waals surface area contributed by atoms with Crippen LogP contribution >= 0.6 is 0 Å². The molecule has 0 unspecified atom stereocenters. The number of anilines is 2. The Hall–Kier alpha value is -3.27. The van der Waals surface area contributed by atoms with E-state index < -0.39 is 10.0 Å². The molecule has 28 heavy (non-hydrogen) atoms. The van der Waals surface area contributed by atoms with Gasteiger partial charge in [0, 0.05) is 11.3 Å². The van der Waals surface area contributed by atoms with E-state index >= 15 is 0 Å². The summed E-state index contributed by atoms with van der Waals surface area (Å²) in [5.41, 5.74) is 2.66. The number of nitrogens with one attached hydrogen (secondary N) is 2. The molecular weight excluding hydrogens is 380 g/mol. The summed E-state index contributed by atoms with van der Waals surface area (Å²) >= 11 is 0. The SMILES string of the molecule is CCCS(=O)(=O)Nc1cccc(NC(=O)c2cccc(-n3cnnn3)c2)c1C. The summed E-state index contributed by atoms with van der Waals surface area (Å²) in [6, 6.07) is 11.9. The third-order valence-electron chi connectivity index (χ3n) is 4.04. The highest BCUT2D eigenvalue weighted by atomic mass is 32.2. The molecule has 0 aliphatic carbocycles. The minimum Gasteiger partial charge on any atom is -0.322 e. The number of benzene rings is 2. The lowest BCUT2D eigenvalue weighted by Crippen LogP contribution is -2.18. The lowest BCUT2D eigenvalue weighted by atomic mass is 10.1. The van der Waals surface area contributed by atoms with E-state index in [0.717, 1.165) is 0 Å². The van der Waals surface area contributed by atoms with E-state index in [4.69, 9.17) is 0 Å². The average Bonchev–Trinajstić information content (AvgIpc) is 3.19. The Labute approximate surface area is 162 Å². The quantitative estimate of drug-likeness (QED) is 0.628. The molecule has 10 heteroatoms.